The quantitative estimate of drug-likeness (QED) is 0.245. The molecule has 0 N–H and O–H groups in total. The van der Waals surface area contributed by atoms with Crippen molar-refractivity contribution >= 4 is 49.8 Å². The first-order valence-corrected chi connectivity index (χ1v) is 11.1. The van der Waals surface area contributed by atoms with Crippen molar-refractivity contribution in [3.8, 4) is 0 Å². The molecule has 4 rings (SSSR count). The van der Waals surface area contributed by atoms with Gasteiger partial charge in [-0.3, -0.25) is 4.79 Å². The molecule has 0 unspecified atom stereocenters. The zero-order valence-corrected chi connectivity index (χ0v) is 18.6. The maximum absolute atomic E-state index is 13.4. The molecule has 0 aliphatic rings. The number of aryl methyl sites for hydroxylation is 1. The van der Waals surface area contributed by atoms with E-state index < -0.39 is 0 Å². The summed E-state index contributed by atoms with van der Waals surface area (Å²) in [6, 6.07) is 11.6. The highest BCUT2D eigenvalue weighted by Gasteiger charge is 2.21. The van der Waals surface area contributed by atoms with E-state index >= 15 is 0 Å². The molecule has 3 aromatic heterocycles. The number of aromatic nitrogens is 1. The molecule has 1 aromatic carbocycles. The van der Waals surface area contributed by atoms with Crippen molar-refractivity contribution in [1.82, 2.24) is 9.88 Å². The zero-order valence-electron chi connectivity index (χ0n) is 17.0. The van der Waals surface area contributed by atoms with Crippen molar-refractivity contribution in [1.29, 1.82) is 0 Å². The molecule has 7 heteroatoms. The lowest BCUT2D eigenvalue weighted by Crippen LogP contribution is -2.31. The van der Waals surface area contributed by atoms with Gasteiger partial charge >= 0.3 is 0 Å². The Hall–Kier alpha value is -2.41. The van der Waals surface area contributed by atoms with Crippen LogP contribution in [0.3, 0.4) is 0 Å². The van der Waals surface area contributed by atoms with Crippen LogP contribution in [0.2, 0.25) is 5.15 Å². The van der Waals surface area contributed by atoms with Crippen LogP contribution in [-0.4, -0.2) is 35.5 Å². The van der Waals surface area contributed by atoms with Gasteiger partial charge in [-0.05, 0) is 50.6 Å². The Balaban J connectivity index is 1.68. The van der Waals surface area contributed by atoms with Crippen LogP contribution in [0.1, 0.15) is 34.3 Å². The third-order valence-corrected chi connectivity index (χ3v) is 6.36. The summed E-state index contributed by atoms with van der Waals surface area (Å²) in [5, 5.41) is 2.26. The van der Waals surface area contributed by atoms with E-state index in [9.17, 15) is 4.79 Å². The van der Waals surface area contributed by atoms with Crippen LogP contribution in [0.4, 0.5) is 0 Å². The molecule has 5 nitrogen and oxygen atoms in total. The van der Waals surface area contributed by atoms with Gasteiger partial charge in [0, 0.05) is 35.2 Å². The third kappa shape index (κ3) is 4.36. The Morgan fingerprint density at radius 3 is 2.90 bits per heavy atom. The highest BCUT2D eigenvalue weighted by molar-refractivity contribution is 7.21. The molecule has 0 saturated carbocycles. The molecule has 0 aliphatic heterocycles. The van der Waals surface area contributed by atoms with Gasteiger partial charge in [0.15, 0.2) is 0 Å². The smallest absolute Gasteiger partial charge is 0.264 e. The molecule has 1 amide bonds. The largest absolute Gasteiger partial charge is 0.467 e. The molecule has 4 aromatic rings. The maximum atomic E-state index is 13.4. The fourth-order valence-electron chi connectivity index (χ4n) is 3.45. The van der Waals surface area contributed by atoms with E-state index in [0.717, 1.165) is 38.7 Å². The number of carbonyl (C=O) groups excluding carboxylic acids is 1. The minimum Gasteiger partial charge on any atom is -0.467 e. The monoisotopic (exact) mass is 442 g/mol. The first-order chi connectivity index (χ1) is 14.6. The number of hydrogen-bond donors (Lipinski definition) is 0. The summed E-state index contributed by atoms with van der Waals surface area (Å²) in [5.41, 5.74) is 1.98. The van der Waals surface area contributed by atoms with Gasteiger partial charge in [-0.15, -0.1) is 11.3 Å². The lowest BCUT2D eigenvalue weighted by molar-refractivity contribution is 0.0704. The van der Waals surface area contributed by atoms with E-state index in [-0.39, 0.29) is 5.91 Å². The Morgan fingerprint density at radius 2 is 2.13 bits per heavy atom. The predicted molar refractivity (Wildman–Crippen MR) is 121 cm³/mol. The van der Waals surface area contributed by atoms with Crippen LogP contribution < -0.4 is 0 Å². The van der Waals surface area contributed by atoms with Gasteiger partial charge in [0.2, 0.25) is 0 Å². The fraction of sp³-hybridized carbons (Fsp3) is 0.304. The van der Waals surface area contributed by atoms with E-state index in [4.69, 9.17) is 20.8 Å². The van der Waals surface area contributed by atoms with Gasteiger partial charge < -0.3 is 14.1 Å². The lowest BCUT2D eigenvalue weighted by Gasteiger charge is -2.21. The molecule has 156 valence electrons. The summed E-state index contributed by atoms with van der Waals surface area (Å²) in [5.74, 6) is 0.711. The summed E-state index contributed by atoms with van der Waals surface area (Å²) in [6.45, 7) is 6.29. The van der Waals surface area contributed by atoms with E-state index in [0.29, 0.717) is 36.3 Å². The third-order valence-electron chi connectivity index (χ3n) is 4.92. The average Bonchev–Trinajstić information content (AvgIpc) is 3.41. The maximum Gasteiger partial charge on any atom is 0.264 e. The second kappa shape index (κ2) is 9.16. The van der Waals surface area contributed by atoms with Gasteiger partial charge in [0.25, 0.3) is 5.91 Å². The van der Waals surface area contributed by atoms with Crippen molar-refractivity contribution in [2.24, 2.45) is 0 Å². The standard InChI is InChI=1S/C23H23ClN2O3S/c1-3-28-10-5-9-26(14-16-6-4-11-29-16)23(27)20-13-18-21(30-20)17-12-15(2)7-8-19(17)25-22(18)24/h4,6-8,11-13H,3,5,9-10,14H2,1-2H3. The van der Waals surface area contributed by atoms with Crippen molar-refractivity contribution in [3.63, 3.8) is 0 Å². The van der Waals surface area contributed by atoms with E-state index in [1.807, 2.05) is 44.2 Å². The molecular formula is C23H23ClN2O3S. The number of nitrogens with zero attached hydrogens (tertiary/aromatic N) is 2. The van der Waals surface area contributed by atoms with Crippen LogP contribution in [0.5, 0.6) is 0 Å². The Kier molecular flexibility index (Phi) is 6.37. The van der Waals surface area contributed by atoms with Crippen LogP contribution in [-0.2, 0) is 11.3 Å². The molecule has 0 spiro atoms. The number of hydrogen-bond acceptors (Lipinski definition) is 5. The van der Waals surface area contributed by atoms with Crippen molar-refractivity contribution in [3.05, 3.63) is 64.0 Å². The van der Waals surface area contributed by atoms with Gasteiger partial charge in [0.1, 0.15) is 10.9 Å². The van der Waals surface area contributed by atoms with Gasteiger partial charge in [0.05, 0.1) is 23.2 Å². The number of benzene rings is 1. The number of halogens is 1. The average molecular weight is 443 g/mol. The van der Waals surface area contributed by atoms with Crippen LogP contribution in [0.15, 0.2) is 47.1 Å². The molecule has 0 aliphatic carbocycles. The molecule has 30 heavy (non-hydrogen) atoms. The molecule has 3 heterocycles. The molecule has 0 radical (unpaired) electrons. The van der Waals surface area contributed by atoms with Crippen molar-refractivity contribution in [2.75, 3.05) is 19.8 Å². The normalized spacial score (nSPS) is 11.4. The summed E-state index contributed by atoms with van der Waals surface area (Å²) in [7, 11) is 0. The summed E-state index contributed by atoms with van der Waals surface area (Å²) in [4.78, 5) is 20.4. The van der Waals surface area contributed by atoms with E-state index in [1.165, 1.54) is 11.3 Å². The highest BCUT2D eigenvalue weighted by atomic mass is 35.5. The molecule has 0 saturated heterocycles. The molecule has 0 atom stereocenters. The van der Waals surface area contributed by atoms with Crippen molar-refractivity contribution in [2.45, 2.75) is 26.8 Å². The molecule has 0 bridgehead atoms. The second-order valence-electron chi connectivity index (χ2n) is 7.13. The van der Waals surface area contributed by atoms with E-state index in [1.54, 1.807) is 11.2 Å². The topological polar surface area (TPSA) is 55.6 Å². The van der Waals surface area contributed by atoms with Crippen molar-refractivity contribution < 1.29 is 13.9 Å². The minimum atomic E-state index is -0.0408. The Morgan fingerprint density at radius 1 is 1.27 bits per heavy atom. The first-order valence-electron chi connectivity index (χ1n) is 9.95. The summed E-state index contributed by atoms with van der Waals surface area (Å²) >= 11 is 7.91. The highest BCUT2D eigenvalue weighted by Crippen LogP contribution is 2.36. The second-order valence-corrected chi connectivity index (χ2v) is 8.54. The van der Waals surface area contributed by atoms with Gasteiger partial charge in [-0.25, -0.2) is 4.98 Å². The SMILES string of the molecule is CCOCCCN(Cc1ccco1)C(=O)c1cc2c(Cl)nc3ccc(C)cc3c2s1. The van der Waals surface area contributed by atoms with Crippen LogP contribution in [0, 0.1) is 6.92 Å². The number of rotatable bonds is 8. The van der Waals surface area contributed by atoms with Crippen LogP contribution in [0.25, 0.3) is 21.0 Å². The minimum absolute atomic E-state index is 0.0408. The lowest BCUT2D eigenvalue weighted by atomic mass is 10.1. The number of thiophene rings is 1. The van der Waals surface area contributed by atoms with Gasteiger partial charge in [-0.2, -0.15) is 0 Å². The summed E-state index contributed by atoms with van der Waals surface area (Å²) < 4.78 is 11.9. The number of carbonyl (C=O) groups is 1. The Labute approximate surface area is 184 Å². The van der Waals surface area contributed by atoms with Gasteiger partial charge in [-0.1, -0.05) is 23.2 Å². The fourth-order valence-corrected chi connectivity index (χ4v) is 4.89. The number of ether oxygens (including phenoxy) is 1. The van der Waals surface area contributed by atoms with Crippen LogP contribution >= 0.6 is 22.9 Å². The number of fused-ring (bicyclic) bond motifs is 3. The number of amides is 1. The molecule has 0 fully saturated rings. The Bertz CT molecular complexity index is 1170. The zero-order chi connectivity index (χ0) is 21.1. The molecular weight excluding hydrogens is 420 g/mol. The van der Waals surface area contributed by atoms with E-state index in [2.05, 4.69) is 11.1 Å². The predicted octanol–water partition coefficient (Wildman–Crippen LogP) is 6.07. The summed E-state index contributed by atoms with van der Waals surface area (Å²) in [6.07, 6.45) is 2.38. The number of pyridine rings is 1. The first kappa shape index (κ1) is 20.8. The number of furan rings is 1.